The summed E-state index contributed by atoms with van der Waals surface area (Å²) in [5.41, 5.74) is 5.09. The molecule has 2 aromatic rings. The molecule has 0 heterocycles. The van der Waals surface area contributed by atoms with Crippen molar-refractivity contribution in [3.05, 3.63) is 59.7 Å². The van der Waals surface area contributed by atoms with E-state index in [1.807, 2.05) is 12.1 Å². The Labute approximate surface area is 195 Å². The number of hydroxylamine groups is 1. The normalized spacial score (nSPS) is 16.8. The van der Waals surface area contributed by atoms with Crippen LogP contribution >= 0.6 is 0 Å². The first-order valence-corrected chi connectivity index (χ1v) is 11.8. The second-order valence-electron chi connectivity index (χ2n) is 8.87. The number of hydrogen-bond donors (Lipinski definition) is 5. The zero-order valence-corrected chi connectivity index (χ0v) is 19.2. The van der Waals surface area contributed by atoms with E-state index in [-0.39, 0.29) is 0 Å². The monoisotopic (exact) mass is 453 g/mol. The van der Waals surface area contributed by atoms with Crippen LogP contribution in [0.3, 0.4) is 0 Å². The quantitative estimate of drug-likeness (QED) is 0.310. The van der Waals surface area contributed by atoms with E-state index in [1.165, 1.54) is 62.9 Å². The van der Waals surface area contributed by atoms with Crippen LogP contribution in [0.25, 0.3) is 11.1 Å². The summed E-state index contributed by atoms with van der Waals surface area (Å²) in [7, 11) is 0. The van der Waals surface area contributed by atoms with E-state index in [0.29, 0.717) is 11.6 Å². The molecule has 0 saturated heterocycles. The Morgan fingerprint density at radius 2 is 1.45 bits per heavy atom. The van der Waals surface area contributed by atoms with Gasteiger partial charge >= 0.3 is 0 Å². The minimum absolute atomic E-state index is 0.357. The van der Waals surface area contributed by atoms with Crippen molar-refractivity contribution in [1.29, 1.82) is 0 Å². The highest BCUT2D eigenvalue weighted by atomic mass is 16.5. The van der Waals surface area contributed by atoms with Crippen molar-refractivity contribution < 1.29 is 19.9 Å². The number of hydrogen-bond acceptors (Lipinski definition) is 5. The van der Waals surface area contributed by atoms with Crippen LogP contribution < -0.4 is 16.1 Å². The standard InChI is InChI=1S/C26H35N3O4/c1-18(30)24(26(32)29-33)28-25(31)22-15-13-21(14-16-22)20-11-9-19(10-12-20)17-27-23-7-5-3-2-4-6-8-23/h9-16,18,23-24,27,30,33H,2-8,17H2,1H3,(H,28,31)(H,29,32)/t18-,24+/m1/s1. The molecule has 2 amide bonds. The van der Waals surface area contributed by atoms with E-state index in [9.17, 15) is 14.7 Å². The van der Waals surface area contributed by atoms with Gasteiger partial charge in [0, 0.05) is 18.2 Å². The largest absolute Gasteiger partial charge is 0.391 e. The van der Waals surface area contributed by atoms with Gasteiger partial charge in [0.2, 0.25) is 0 Å². The number of carbonyl (C=O) groups excluding carboxylic acids is 2. The molecule has 33 heavy (non-hydrogen) atoms. The number of aliphatic hydroxyl groups excluding tert-OH is 1. The fourth-order valence-electron chi connectivity index (χ4n) is 4.25. The van der Waals surface area contributed by atoms with E-state index >= 15 is 0 Å². The first-order valence-electron chi connectivity index (χ1n) is 11.8. The van der Waals surface area contributed by atoms with Crippen LogP contribution in [-0.4, -0.2) is 40.3 Å². The molecule has 1 saturated carbocycles. The van der Waals surface area contributed by atoms with Gasteiger partial charge in [-0.3, -0.25) is 14.8 Å². The van der Waals surface area contributed by atoms with E-state index < -0.39 is 24.0 Å². The summed E-state index contributed by atoms with van der Waals surface area (Å²) < 4.78 is 0. The molecular formula is C26H35N3O4. The number of nitrogens with one attached hydrogen (secondary N) is 3. The molecule has 3 rings (SSSR count). The van der Waals surface area contributed by atoms with Gasteiger partial charge in [-0.15, -0.1) is 0 Å². The lowest BCUT2D eigenvalue weighted by atomic mass is 9.96. The van der Waals surface area contributed by atoms with Crippen molar-refractivity contribution in [2.45, 2.75) is 76.6 Å². The number of aliphatic hydroxyl groups is 1. The average molecular weight is 454 g/mol. The molecular weight excluding hydrogens is 418 g/mol. The van der Waals surface area contributed by atoms with Crippen molar-refractivity contribution in [3.8, 4) is 11.1 Å². The first kappa shape index (κ1) is 24.9. The molecule has 7 nitrogen and oxygen atoms in total. The molecule has 0 aliphatic heterocycles. The molecule has 0 spiro atoms. The number of amides is 2. The van der Waals surface area contributed by atoms with E-state index in [4.69, 9.17) is 5.21 Å². The van der Waals surface area contributed by atoms with Gasteiger partial charge in [0.1, 0.15) is 6.04 Å². The zero-order chi connectivity index (χ0) is 23.6. The maximum Gasteiger partial charge on any atom is 0.268 e. The Kier molecular flexibility index (Phi) is 9.42. The number of benzene rings is 2. The van der Waals surface area contributed by atoms with Crippen LogP contribution in [-0.2, 0) is 11.3 Å². The maximum atomic E-state index is 12.4. The van der Waals surface area contributed by atoms with Crippen molar-refractivity contribution in [2.24, 2.45) is 0 Å². The van der Waals surface area contributed by atoms with Crippen LogP contribution in [0.1, 0.15) is 67.8 Å². The van der Waals surface area contributed by atoms with Crippen LogP contribution in [0.5, 0.6) is 0 Å². The summed E-state index contributed by atoms with van der Waals surface area (Å²) in [6.07, 6.45) is 8.10. The second-order valence-corrected chi connectivity index (χ2v) is 8.87. The lowest BCUT2D eigenvalue weighted by Crippen LogP contribution is -2.51. The fourth-order valence-corrected chi connectivity index (χ4v) is 4.25. The maximum absolute atomic E-state index is 12.4. The van der Waals surface area contributed by atoms with Gasteiger partial charge in [0.15, 0.2) is 0 Å². The zero-order valence-electron chi connectivity index (χ0n) is 19.2. The summed E-state index contributed by atoms with van der Waals surface area (Å²) in [6.45, 7) is 2.23. The van der Waals surface area contributed by atoms with Crippen molar-refractivity contribution in [3.63, 3.8) is 0 Å². The summed E-state index contributed by atoms with van der Waals surface area (Å²) >= 11 is 0. The second kappa shape index (κ2) is 12.5. The van der Waals surface area contributed by atoms with Gasteiger partial charge in [-0.2, -0.15) is 0 Å². The molecule has 0 unspecified atom stereocenters. The lowest BCUT2D eigenvalue weighted by molar-refractivity contribution is -0.133. The SMILES string of the molecule is C[C@@H](O)[C@H](NC(=O)c1ccc(-c2ccc(CNC3CCCCCCC3)cc2)cc1)C(=O)NO. The molecule has 5 N–H and O–H groups in total. The van der Waals surface area contributed by atoms with Gasteiger partial charge in [-0.25, -0.2) is 5.48 Å². The summed E-state index contributed by atoms with van der Waals surface area (Å²) in [6, 6.07) is 14.8. The molecule has 7 heteroatoms. The highest BCUT2D eigenvalue weighted by Gasteiger charge is 2.25. The topological polar surface area (TPSA) is 111 Å². The molecule has 1 aliphatic rings. The van der Waals surface area contributed by atoms with Crippen molar-refractivity contribution in [2.75, 3.05) is 0 Å². The summed E-state index contributed by atoms with van der Waals surface area (Å²) in [5.74, 6) is -1.38. The van der Waals surface area contributed by atoms with Crippen LogP contribution in [0.4, 0.5) is 0 Å². The Hall–Kier alpha value is -2.74. The number of carbonyl (C=O) groups is 2. The molecule has 0 radical (unpaired) electrons. The van der Waals surface area contributed by atoms with Crippen LogP contribution in [0.15, 0.2) is 48.5 Å². The Morgan fingerprint density at radius 3 is 2.00 bits per heavy atom. The third-order valence-electron chi connectivity index (χ3n) is 6.30. The molecule has 2 aromatic carbocycles. The molecule has 1 fully saturated rings. The highest BCUT2D eigenvalue weighted by Crippen LogP contribution is 2.21. The van der Waals surface area contributed by atoms with E-state index in [0.717, 1.165) is 17.7 Å². The third-order valence-corrected chi connectivity index (χ3v) is 6.30. The van der Waals surface area contributed by atoms with Crippen LogP contribution in [0, 0.1) is 0 Å². The molecule has 0 bridgehead atoms. The van der Waals surface area contributed by atoms with Gasteiger partial charge in [0.05, 0.1) is 6.10 Å². The predicted molar refractivity (Wildman–Crippen MR) is 128 cm³/mol. The van der Waals surface area contributed by atoms with Crippen molar-refractivity contribution in [1.82, 2.24) is 16.1 Å². The highest BCUT2D eigenvalue weighted by molar-refractivity contribution is 5.97. The molecule has 2 atom stereocenters. The predicted octanol–water partition coefficient (Wildman–Crippen LogP) is 3.54. The van der Waals surface area contributed by atoms with Gasteiger partial charge in [-0.1, -0.05) is 68.5 Å². The van der Waals surface area contributed by atoms with E-state index in [2.05, 4.69) is 34.9 Å². The number of rotatable bonds is 8. The Balaban J connectivity index is 1.56. The fraction of sp³-hybridized carbons (Fsp3) is 0.462. The lowest BCUT2D eigenvalue weighted by Gasteiger charge is -2.21. The van der Waals surface area contributed by atoms with Gasteiger partial charge in [-0.05, 0) is 48.6 Å². The van der Waals surface area contributed by atoms with Crippen LogP contribution in [0.2, 0.25) is 0 Å². The Morgan fingerprint density at radius 1 is 0.909 bits per heavy atom. The first-order chi connectivity index (χ1) is 16.0. The Bertz CT molecular complexity index is 889. The molecule has 1 aliphatic carbocycles. The minimum atomic E-state index is -1.24. The van der Waals surface area contributed by atoms with Gasteiger partial charge < -0.3 is 15.7 Å². The molecule has 178 valence electrons. The minimum Gasteiger partial charge on any atom is -0.391 e. The van der Waals surface area contributed by atoms with Crippen molar-refractivity contribution >= 4 is 11.8 Å². The van der Waals surface area contributed by atoms with Gasteiger partial charge in [0.25, 0.3) is 11.8 Å². The molecule has 0 aromatic heterocycles. The summed E-state index contributed by atoms with van der Waals surface area (Å²) in [4.78, 5) is 24.0. The smallest absolute Gasteiger partial charge is 0.268 e. The third kappa shape index (κ3) is 7.39. The van der Waals surface area contributed by atoms with E-state index in [1.54, 1.807) is 12.1 Å². The average Bonchev–Trinajstić information content (AvgIpc) is 2.81. The summed E-state index contributed by atoms with van der Waals surface area (Å²) in [5, 5.41) is 24.6.